The van der Waals surface area contributed by atoms with E-state index in [-0.39, 0.29) is 17.2 Å². The van der Waals surface area contributed by atoms with Crippen LogP contribution in [0.4, 0.5) is 0 Å². The molecule has 1 N–H and O–H groups in total. The largest absolute Gasteiger partial charge is 0.343 e. The Morgan fingerprint density at radius 3 is 2.41 bits per heavy atom. The Bertz CT molecular complexity index is 342. The van der Waals surface area contributed by atoms with Crippen molar-refractivity contribution in [1.82, 2.24) is 10.2 Å². The lowest BCUT2D eigenvalue weighted by Crippen LogP contribution is -2.65. The third kappa shape index (κ3) is 2.87. The molecule has 0 aromatic carbocycles. The number of rotatable bonds is 2. The summed E-state index contributed by atoms with van der Waals surface area (Å²) >= 11 is 0. The lowest BCUT2D eigenvalue weighted by Gasteiger charge is -2.43. The zero-order valence-corrected chi connectivity index (χ0v) is 11.3. The summed E-state index contributed by atoms with van der Waals surface area (Å²) in [6.07, 6.45) is 3.80. The molecule has 1 aliphatic heterocycles. The first-order chi connectivity index (χ1) is 7.79. The number of allylic oxidation sites excluding steroid dienone is 1. The Hall–Kier alpha value is -1.32. The van der Waals surface area contributed by atoms with E-state index in [2.05, 4.69) is 5.32 Å². The Morgan fingerprint density at radius 2 is 1.94 bits per heavy atom. The fourth-order valence-electron chi connectivity index (χ4n) is 2.15. The van der Waals surface area contributed by atoms with E-state index in [1.54, 1.807) is 11.8 Å². The van der Waals surface area contributed by atoms with E-state index in [0.717, 1.165) is 0 Å². The van der Waals surface area contributed by atoms with Crippen LogP contribution < -0.4 is 5.32 Å². The molecular weight excluding hydrogens is 216 g/mol. The van der Waals surface area contributed by atoms with Gasteiger partial charge in [0.1, 0.15) is 12.1 Å². The van der Waals surface area contributed by atoms with Crippen molar-refractivity contribution in [2.75, 3.05) is 6.54 Å². The van der Waals surface area contributed by atoms with Gasteiger partial charge in [0.25, 0.3) is 0 Å². The number of nitrogens with zero attached hydrogens (tertiary/aromatic N) is 1. The van der Waals surface area contributed by atoms with Crippen molar-refractivity contribution in [3.8, 4) is 0 Å². The van der Waals surface area contributed by atoms with Crippen molar-refractivity contribution >= 4 is 11.8 Å². The van der Waals surface area contributed by atoms with Crippen molar-refractivity contribution in [3.05, 3.63) is 12.2 Å². The predicted molar refractivity (Wildman–Crippen MR) is 67.4 cm³/mol. The molecule has 1 saturated heterocycles. The molecule has 2 unspecified atom stereocenters. The summed E-state index contributed by atoms with van der Waals surface area (Å²) in [7, 11) is 0. The lowest BCUT2D eigenvalue weighted by molar-refractivity contribution is -0.152. The van der Waals surface area contributed by atoms with Gasteiger partial charge in [-0.3, -0.25) is 9.59 Å². The average molecular weight is 238 g/mol. The van der Waals surface area contributed by atoms with Crippen molar-refractivity contribution in [1.29, 1.82) is 0 Å². The zero-order chi connectivity index (χ0) is 13.2. The highest BCUT2D eigenvalue weighted by molar-refractivity contribution is 5.97. The number of amides is 2. The van der Waals surface area contributed by atoms with Gasteiger partial charge in [0.05, 0.1) is 0 Å². The fourth-order valence-corrected chi connectivity index (χ4v) is 2.15. The molecule has 2 atom stereocenters. The molecule has 1 fully saturated rings. The molecule has 0 aromatic heterocycles. The molecule has 0 aromatic rings. The van der Waals surface area contributed by atoms with E-state index < -0.39 is 12.1 Å². The van der Waals surface area contributed by atoms with E-state index in [1.807, 2.05) is 39.8 Å². The minimum atomic E-state index is -0.425. The zero-order valence-electron chi connectivity index (χ0n) is 11.3. The molecule has 1 aliphatic rings. The fraction of sp³-hybridized carbons (Fsp3) is 0.692. The topological polar surface area (TPSA) is 49.4 Å². The van der Waals surface area contributed by atoms with E-state index in [4.69, 9.17) is 0 Å². The van der Waals surface area contributed by atoms with Gasteiger partial charge in [-0.1, -0.05) is 32.9 Å². The number of hydrogen-bond acceptors (Lipinski definition) is 2. The summed E-state index contributed by atoms with van der Waals surface area (Å²) in [5, 5.41) is 2.74. The van der Waals surface area contributed by atoms with Crippen LogP contribution >= 0.6 is 0 Å². The van der Waals surface area contributed by atoms with Gasteiger partial charge < -0.3 is 10.2 Å². The molecule has 0 radical (unpaired) electrons. The van der Waals surface area contributed by atoms with Crippen molar-refractivity contribution in [3.63, 3.8) is 0 Å². The number of carbonyl (C=O) groups is 2. The second-order valence-corrected chi connectivity index (χ2v) is 5.56. The van der Waals surface area contributed by atoms with Crippen LogP contribution in [-0.4, -0.2) is 35.3 Å². The lowest BCUT2D eigenvalue weighted by atomic mass is 9.83. The molecule has 0 aliphatic carbocycles. The van der Waals surface area contributed by atoms with E-state index in [1.165, 1.54) is 0 Å². The summed E-state index contributed by atoms with van der Waals surface area (Å²) in [5.74, 6) is -0.0725. The van der Waals surface area contributed by atoms with Crippen LogP contribution in [0.15, 0.2) is 12.2 Å². The summed E-state index contributed by atoms with van der Waals surface area (Å²) in [4.78, 5) is 25.8. The molecule has 4 heteroatoms. The average Bonchev–Trinajstić information content (AvgIpc) is 2.19. The van der Waals surface area contributed by atoms with Gasteiger partial charge >= 0.3 is 0 Å². The molecular formula is C13H22N2O2. The van der Waals surface area contributed by atoms with E-state index in [0.29, 0.717) is 6.54 Å². The second-order valence-electron chi connectivity index (χ2n) is 5.56. The summed E-state index contributed by atoms with van der Waals surface area (Å²) in [6.45, 7) is 10.1. The maximum atomic E-state index is 12.1. The standard InChI is InChI=1S/C13H22N2O2/c1-6-7-8-15-10(13(3,4)5)11(16)14-9(2)12(15)17/h6-7,9-10H,8H2,1-5H3,(H,14,16)/b7-6+. The summed E-state index contributed by atoms with van der Waals surface area (Å²) < 4.78 is 0. The first-order valence-corrected chi connectivity index (χ1v) is 6.01. The highest BCUT2D eigenvalue weighted by atomic mass is 16.2. The van der Waals surface area contributed by atoms with Gasteiger partial charge in [-0.25, -0.2) is 0 Å². The van der Waals surface area contributed by atoms with E-state index in [9.17, 15) is 9.59 Å². The summed E-state index contributed by atoms with van der Waals surface area (Å²) in [6, 6.07) is -0.825. The van der Waals surface area contributed by atoms with Gasteiger partial charge in [-0.15, -0.1) is 0 Å². The monoisotopic (exact) mass is 238 g/mol. The Balaban J connectivity index is 3.03. The van der Waals surface area contributed by atoms with Gasteiger partial charge in [0.2, 0.25) is 11.8 Å². The maximum Gasteiger partial charge on any atom is 0.245 e. The molecule has 1 rings (SSSR count). The number of nitrogens with one attached hydrogen (secondary N) is 1. The van der Waals surface area contributed by atoms with Crippen LogP contribution in [0.5, 0.6) is 0 Å². The van der Waals surface area contributed by atoms with Crippen LogP contribution in [0.2, 0.25) is 0 Å². The molecule has 2 amide bonds. The second kappa shape index (κ2) is 4.90. The molecule has 0 spiro atoms. The Kier molecular flexibility index (Phi) is 3.96. The third-order valence-corrected chi connectivity index (χ3v) is 2.93. The van der Waals surface area contributed by atoms with Crippen LogP contribution in [-0.2, 0) is 9.59 Å². The Morgan fingerprint density at radius 1 is 1.35 bits per heavy atom. The normalized spacial score (nSPS) is 26.5. The number of hydrogen-bond donors (Lipinski definition) is 1. The molecule has 96 valence electrons. The molecule has 17 heavy (non-hydrogen) atoms. The quantitative estimate of drug-likeness (QED) is 0.738. The maximum absolute atomic E-state index is 12.1. The molecule has 0 saturated carbocycles. The van der Waals surface area contributed by atoms with Crippen molar-refractivity contribution in [2.45, 2.75) is 46.7 Å². The minimum absolute atomic E-state index is 0.0115. The first-order valence-electron chi connectivity index (χ1n) is 6.01. The number of piperazine rings is 1. The first kappa shape index (κ1) is 13.7. The van der Waals surface area contributed by atoms with Gasteiger partial charge in [-0.05, 0) is 19.3 Å². The van der Waals surface area contributed by atoms with Crippen LogP contribution in [0.25, 0.3) is 0 Å². The molecule has 0 bridgehead atoms. The van der Waals surface area contributed by atoms with Crippen LogP contribution in [0.3, 0.4) is 0 Å². The number of carbonyl (C=O) groups excluding carboxylic acids is 2. The van der Waals surface area contributed by atoms with Gasteiger partial charge in [0, 0.05) is 6.54 Å². The van der Waals surface area contributed by atoms with Crippen molar-refractivity contribution < 1.29 is 9.59 Å². The molecule has 4 nitrogen and oxygen atoms in total. The van der Waals surface area contributed by atoms with Gasteiger partial charge in [0.15, 0.2) is 0 Å². The van der Waals surface area contributed by atoms with Crippen molar-refractivity contribution in [2.24, 2.45) is 5.41 Å². The highest BCUT2D eigenvalue weighted by Crippen LogP contribution is 2.27. The van der Waals surface area contributed by atoms with Crippen LogP contribution in [0, 0.1) is 5.41 Å². The SMILES string of the molecule is C/C=C/CN1C(=O)C(C)NC(=O)C1C(C)(C)C. The smallest absolute Gasteiger partial charge is 0.245 e. The third-order valence-electron chi connectivity index (χ3n) is 2.93. The van der Waals surface area contributed by atoms with Gasteiger partial charge in [-0.2, -0.15) is 0 Å². The Labute approximate surface area is 103 Å². The minimum Gasteiger partial charge on any atom is -0.343 e. The summed E-state index contributed by atoms with van der Waals surface area (Å²) in [5.41, 5.74) is -0.262. The van der Waals surface area contributed by atoms with Crippen LogP contribution in [0.1, 0.15) is 34.6 Å². The van der Waals surface area contributed by atoms with E-state index >= 15 is 0 Å². The molecule has 1 heterocycles. The highest BCUT2D eigenvalue weighted by Gasteiger charge is 2.44. The predicted octanol–water partition coefficient (Wildman–Crippen LogP) is 1.32.